The maximum atomic E-state index is 9.40. The van der Waals surface area contributed by atoms with Crippen molar-refractivity contribution < 1.29 is 19.7 Å². The number of ether oxygens (including phenoxy) is 2. The molecule has 94 valence electrons. The molecule has 0 aromatic heterocycles. The maximum Gasteiger partial charge on any atom is 0.182 e. The van der Waals surface area contributed by atoms with E-state index in [4.69, 9.17) is 15.2 Å². The fraction of sp³-hybridized carbons (Fsp3) is 0.500. The molecular weight excluding hydrogens is 222 g/mol. The topological polar surface area (TPSA) is 84.9 Å². The van der Waals surface area contributed by atoms with Gasteiger partial charge in [-0.3, -0.25) is 0 Å². The molecule has 5 nitrogen and oxygen atoms in total. The molecule has 0 unspecified atom stereocenters. The molecule has 2 rings (SSSR count). The normalized spacial score (nSPS) is 32.9. The van der Waals surface area contributed by atoms with Gasteiger partial charge < -0.3 is 25.4 Å². The molecule has 0 saturated carbocycles. The van der Waals surface area contributed by atoms with Gasteiger partial charge in [0.1, 0.15) is 12.2 Å². The van der Waals surface area contributed by atoms with E-state index in [-0.39, 0.29) is 6.61 Å². The van der Waals surface area contributed by atoms with Gasteiger partial charge in [-0.05, 0) is 5.56 Å². The molecule has 0 bridgehead atoms. The average molecular weight is 239 g/mol. The minimum Gasteiger partial charge on any atom is -0.386 e. The zero-order valence-corrected chi connectivity index (χ0v) is 9.40. The van der Waals surface area contributed by atoms with Crippen LogP contribution in [0.4, 0.5) is 0 Å². The van der Waals surface area contributed by atoms with Crippen molar-refractivity contribution in [3.8, 4) is 0 Å². The van der Waals surface area contributed by atoms with Gasteiger partial charge in [0.25, 0.3) is 0 Å². The number of aliphatic hydroxyl groups is 2. The second kappa shape index (κ2) is 5.57. The van der Waals surface area contributed by atoms with Gasteiger partial charge in [-0.1, -0.05) is 30.3 Å². The highest BCUT2D eigenvalue weighted by Crippen LogP contribution is 2.18. The molecule has 1 aromatic carbocycles. The van der Waals surface area contributed by atoms with Crippen molar-refractivity contribution >= 4 is 0 Å². The molecular formula is C12H17NO4. The Labute approximate surface area is 99.8 Å². The van der Waals surface area contributed by atoms with Gasteiger partial charge in [0.05, 0.1) is 19.3 Å². The van der Waals surface area contributed by atoms with Gasteiger partial charge in [-0.15, -0.1) is 0 Å². The first-order valence-electron chi connectivity index (χ1n) is 5.57. The van der Waals surface area contributed by atoms with E-state index in [0.717, 1.165) is 5.56 Å². The Morgan fingerprint density at radius 2 is 1.94 bits per heavy atom. The summed E-state index contributed by atoms with van der Waals surface area (Å²) >= 11 is 0. The molecule has 4 atom stereocenters. The van der Waals surface area contributed by atoms with Crippen LogP contribution in [0.15, 0.2) is 30.3 Å². The maximum absolute atomic E-state index is 9.40. The van der Waals surface area contributed by atoms with E-state index in [1.54, 1.807) is 0 Å². The number of benzene rings is 1. The van der Waals surface area contributed by atoms with Crippen LogP contribution < -0.4 is 5.73 Å². The second-order valence-electron chi connectivity index (χ2n) is 4.13. The van der Waals surface area contributed by atoms with E-state index in [2.05, 4.69) is 0 Å². The molecule has 1 aliphatic heterocycles. The van der Waals surface area contributed by atoms with Gasteiger partial charge in [-0.2, -0.15) is 0 Å². The predicted octanol–water partition coefficient (Wildman–Crippen LogP) is -0.391. The third-order valence-corrected chi connectivity index (χ3v) is 2.82. The summed E-state index contributed by atoms with van der Waals surface area (Å²) in [6, 6.07) is 9.11. The second-order valence-corrected chi connectivity index (χ2v) is 4.13. The van der Waals surface area contributed by atoms with Crippen LogP contribution in [0.5, 0.6) is 0 Å². The van der Waals surface area contributed by atoms with Gasteiger partial charge in [0, 0.05) is 0 Å². The SMILES string of the molecule is N[C@@H]1[C@@H](O)[C@H](O)O[C@@H]1COCc1ccccc1. The van der Waals surface area contributed by atoms with Crippen molar-refractivity contribution in [3.63, 3.8) is 0 Å². The number of nitrogens with two attached hydrogens (primary N) is 1. The predicted molar refractivity (Wildman–Crippen MR) is 61.0 cm³/mol. The Kier molecular flexibility index (Phi) is 4.09. The summed E-state index contributed by atoms with van der Waals surface area (Å²) in [4.78, 5) is 0. The summed E-state index contributed by atoms with van der Waals surface area (Å²) in [5.41, 5.74) is 6.73. The van der Waals surface area contributed by atoms with Crippen molar-refractivity contribution in [2.45, 2.75) is 31.1 Å². The van der Waals surface area contributed by atoms with E-state index in [9.17, 15) is 10.2 Å². The number of rotatable bonds is 4. The van der Waals surface area contributed by atoms with Gasteiger partial charge >= 0.3 is 0 Å². The molecule has 1 saturated heterocycles. The first-order chi connectivity index (χ1) is 8.18. The van der Waals surface area contributed by atoms with Crippen LogP contribution in [0.1, 0.15) is 5.56 Å². The largest absolute Gasteiger partial charge is 0.386 e. The van der Waals surface area contributed by atoms with Crippen molar-refractivity contribution in [2.75, 3.05) is 6.61 Å². The van der Waals surface area contributed by atoms with Crippen molar-refractivity contribution in [3.05, 3.63) is 35.9 Å². The van der Waals surface area contributed by atoms with Gasteiger partial charge in [0.2, 0.25) is 0 Å². The molecule has 1 aliphatic rings. The fourth-order valence-electron chi connectivity index (χ4n) is 1.78. The minimum absolute atomic E-state index is 0.254. The zero-order valence-electron chi connectivity index (χ0n) is 9.40. The lowest BCUT2D eigenvalue weighted by molar-refractivity contribution is -0.137. The molecule has 17 heavy (non-hydrogen) atoms. The van der Waals surface area contributed by atoms with Crippen molar-refractivity contribution in [1.82, 2.24) is 0 Å². The smallest absolute Gasteiger partial charge is 0.182 e. The Bertz CT molecular complexity index is 346. The highest BCUT2D eigenvalue weighted by Gasteiger charge is 2.40. The molecule has 0 aliphatic carbocycles. The zero-order chi connectivity index (χ0) is 12.3. The highest BCUT2D eigenvalue weighted by molar-refractivity contribution is 5.13. The molecule has 1 aromatic rings. The molecule has 5 heteroatoms. The summed E-state index contributed by atoms with van der Waals surface area (Å²) in [5, 5.41) is 18.6. The standard InChI is InChI=1S/C12H17NO4/c13-10-9(17-12(15)11(10)14)7-16-6-8-4-2-1-3-5-8/h1-5,9-12,14-15H,6-7,13H2/t9-,10+,11-,12-/m1/s1. The van der Waals surface area contributed by atoms with Crippen LogP contribution in [-0.2, 0) is 16.1 Å². The van der Waals surface area contributed by atoms with E-state index in [0.29, 0.717) is 6.61 Å². The van der Waals surface area contributed by atoms with Gasteiger partial charge in [0.15, 0.2) is 6.29 Å². The average Bonchev–Trinajstić information content (AvgIpc) is 2.59. The lowest BCUT2D eigenvalue weighted by Crippen LogP contribution is -2.42. The van der Waals surface area contributed by atoms with Crippen LogP contribution in [0.3, 0.4) is 0 Å². The van der Waals surface area contributed by atoms with Gasteiger partial charge in [-0.25, -0.2) is 0 Å². The van der Waals surface area contributed by atoms with E-state index in [1.807, 2.05) is 30.3 Å². The Morgan fingerprint density at radius 1 is 1.24 bits per heavy atom. The Morgan fingerprint density at radius 3 is 2.53 bits per heavy atom. The fourth-order valence-corrected chi connectivity index (χ4v) is 1.78. The van der Waals surface area contributed by atoms with E-state index in [1.165, 1.54) is 0 Å². The van der Waals surface area contributed by atoms with Crippen LogP contribution in [-0.4, -0.2) is 41.4 Å². The molecule has 0 radical (unpaired) electrons. The molecule has 1 fully saturated rings. The van der Waals surface area contributed by atoms with E-state index >= 15 is 0 Å². The van der Waals surface area contributed by atoms with Crippen LogP contribution in [0.2, 0.25) is 0 Å². The Balaban J connectivity index is 1.76. The van der Waals surface area contributed by atoms with Crippen molar-refractivity contribution in [2.24, 2.45) is 5.73 Å². The summed E-state index contributed by atoms with van der Waals surface area (Å²) in [6.45, 7) is 0.712. The summed E-state index contributed by atoms with van der Waals surface area (Å²) in [7, 11) is 0. The highest BCUT2D eigenvalue weighted by atomic mass is 16.6. The first-order valence-corrected chi connectivity index (χ1v) is 5.57. The summed E-state index contributed by atoms with van der Waals surface area (Å²) in [6.07, 6.45) is -2.72. The van der Waals surface area contributed by atoms with Crippen LogP contribution in [0, 0.1) is 0 Å². The summed E-state index contributed by atoms with van der Waals surface area (Å²) in [5.74, 6) is 0. The molecule has 0 spiro atoms. The molecule has 4 N–H and O–H groups in total. The molecule has 0 amide bonds. The summed E-state index contributed by atoms with van der Waals surface area (Å²) < 4.78 is 10.5. The number of hydrogen-bond donors (Lipinski definition) is 3. The Hall–Kier alpha value is -0.980. The lowest BCUT2D eigenvalue weighted by Gasteiger charge is -2.15. The first kappa shape index (κ1) is 12.5. The van der Waals surface area contributed by atoms with Crippen LogP contribution in [0.25, 0.3) is 0 Å². The van der Waals surface area contributed by atoms with Crippen molar-refractivity contribution in [1.29, 1.82) is 0 Å². The van der Waals surface area contributed by atoms with E-state index < -0.39 is 24.5 Å². The molecule has 1 heterocycles. The number of aliphatic hydroxyl groups excluding tert-OH is 2. The lowest BCUT2D eigenvalue weighted by atomic mass is 10.1. The minimum atomic E-state index is -1.21. The quantitative estimate of drug-likeness (QED) is 0.666. The van der Waals surface area contributed by atoms with Crippen LogP contribution >= 0.6 is 0 Å². The number of hydrogen-bond acceptors (Lipinski definition) is 5. The third kappa shape index (κ3) is 3.02. The third-order valence-electron chi connectivity index (χ3n) is 2.82. The monoisotopic (exact) mass is 239 g/mol.